The maximum absolute atomic E-state index is 5.94. The SMILES string of the molecule is COCCC(N)c1nc(-c2ncc(C)cc2C)no1. The second-order valence-electron chi connectivity index (χ2n) is 4.52. The highest BCUT2D eigenvalue weighted by Gasteiger charge is 2.17. The summed E-state index contributed by atoms with van der Waals surface area (Å²) >= 11 is 0. The summed E-state index contributed by atoms with van der Waals surface area (Å²) in [4.78, 5) is 8.64. The van der Waals surface area contributed by atoms with Crippen molar-refractivity contribution in [2.24, 2.45) is 5.73 Å². The number of nitrogens with zero attached hydrogens (tertiary/aromatic N) is 3. The number of hydrogen-bond donors (Lipinski definition) is 1. The largest absolute Gasteiger partial charge is 0.385 e. The first-order valence-corrected chi connectivity index (χ1v) is 6.13. The second kappa shape index (κ2) is 5.90. The average molecular weight is 262 g/mol. The summed E-state index contributed by atoms with van der Waals surface area (Å²) in [5.74, 6) is 0.884. The van der Waals surface area contributed by atoms with E-state index in [1.807, 2.05) is 19.9 Å². The first-order valence-electron chi connectivity index (χ1n) is 6.13. The standard InChI is InChI=1S/C13H18N4O2/c1-8-6-9(2)11(15-7-8)12-16-13(19-17-12)10(14)4-5-18-3/h6-7,10H,4-5,14H2,1-3H3. The van der Waals surface area contributed by atoms with E-state index in [2.05, 4.69) is 15.1 Å². The van der Waals surface area contributed by atoms with Gasteiger partial charge < -0.3 is 15.0 Å². The van der Waals surface area contributed by atoms with Gasteiger partial charge in [-0.15, -0.1) is 0 Å². The van der Waals surface area contributed by atoms with E-state index in [9.17, 15) is 0 Å². The molecule has 0 spiro atoms. The Kier molecular flexibility index (Phi) is 4.24. The van der Waals surface area contributed by atoms with E-state index in [4.69, 9.17) is 15.0 Å². The maximum Gasteiger partial charge on any atom is 0.244 e. The summed E-state index contributed by atoms with van der Waals surface area (Å²) in [5.41, 5.74) is 8.77. The molecule has 0 amide bonds. The third kappa shape index (κ3) is 3.15. The van der Waals surface area contributed by atoms with Crippen LogP contribution in [0.15, 0.2) is 16.8 Å². The molecule has 1 atom stereocenters. The van der Waals surface area contributed by atoms with E-state index in [0.717, 1.165) is 16.8 Å². The van der Waals surface area contributed by atoms with Crippen molar-refractivity contribution in [3.63, 3.8) is 0 Å². The Morgan fingerprint density at radius 3 is 2.89 bits per heavy atom. The van der Waals surface area contributed by atoms with Crippen molar-refractivity contribution in [1.29, 1.82) is 0 Å². The van der Waals surface area contributed by atoms with Crippen LogP contribution in [-0.2, 0) is 4.74 Å². The molecule has 0 saturated heterocycles. The van der Waals surface area contributed by atoms with Gasteiger partial charge >= 0.3 is 0 Å². The molecule has 0 radical (unpaired) electrons. The van der Waals surface area contributed by atoms with E-state index in [1.54, 1.807) is 13.3 Å². The molecule has 0 fully saturated rings. The Bertz CT molecular complexity index is 553. The van der Waals surface area contributed by atoms with E-state index < -0.39 is 0 Å². The zero-order valence-electron chi connectivity index (χ0n) is 11.4. The van der Waals surface area contributed by atoms with Crippen LogP contribution in [0.5, 0.6) is 0 Å². The summed E-state index contributed by atoms with van der Waals surface area (Å²) in [6.07, 6.45) is 2.42. The maximum atomic E-state index is 5.94. The molecule has 6 heteroatoms. The zero-order valence-corrected chi connectivity index (χ0v) is 11.4. The molecule has 1 unspecified atom stereocenters. The minimum absolute atomic E-state index is 0.313. The molecule has 2 aromatic rings. The summed E-state index contributed by atoms with van der Waals surface area (Å²) in [7, 11) is 1.63. The summed E-state index contributed by atoms with van der Waals surface area (Å²) < 4.78 is 10.2. The van der Waals surface area contributed by atoms with Crippen LogP contribution < -0.4 is 5.73 Å². The second-order valence-corrected chi connectivity index (χ2v) is 4.52. The molecular weight excluding hydrogens is 244 g/mol. The quantitative estimate of drug-likeness (QED) is 0.883. The van der Waals surface area contributed by atoms with Crippen LogP contribution in [0.2, 0.25) is 0 Å². The lowest BCUT2D eigenvalue weighted by molar-refractivity contribution is 0.182. The Labute approximate surface area is 112 Å². The van der Waals surface area contributed by atoms with E-state index in [0.29, 0.717) is 24.7 Å². The fourth-order valence-electron chi connectivity index (χ4n) is 1.80. The van der Waals surface area contributed by atoms with Crippen LogP contribution in [-0.4, -0.2) is 28.8 Å². The number of pyridine rings is 1. The van der Waals surface area contributed by atoms with Crippen LogP contribution >= 0.6 is 0 Å². The fourth-order valence-corrected chi connectivity index (χ4v) is 1.80. The number of methoxy groups -OCH3 is 1. The molecule has 0 bridgehead atoms. The number of rotatable bonds is 5. The third-order valence-corrected chi connectivity index (χ3v) is 2.82. The lowest BCUT2D eigenvalue weighted by Gasteiger charge is -2.04. The molecular formula is C13H18N4O2. The molecule has 2 heterocycles. The van der Waals surface area contributed by atoms with Crippen molar-refractivity contribution in [1.82, 2.24) is 15.1 Å². The van der Waals surface area contributed by atoms with Crippen LogP contribution in [0.3, 0.4) is 0 Å². The van der Waals surface area contributed by atoms with Crippen molar-refractivity contribution < 1.29 is 9.26 Å². The molecule has 0 aromatic carbocycles. The van der Waals surface area contributed by atoms with Crippen molar-refractivity contribution >= 4 is 0 Å². The van der Waals surface area contributed by atoms with Crippen molar-refractivity contribution in [2.45, 2.75) is 26.3 Å². The molecule has 6 nitrogen and oxygen atoms in total. The summed E-state index contributed by atoms with van der Waals surface area (Å²) in [6.45, 7) is 4.52. The minimum atomic E-state index is -0.313. The molecule has 2 N–H and O–H groups in total. The third-order valence-electron chi connectivity index (χ3n) is 2.82. The van der Waals surface area contributed by atoms with Gasteiger partial charge in [-0.25, -0.2) is 0 Å². The zero-order chi connectivity index (χ0) is 13.8. The Morgan fingerprint density at radius 1 is 1.42 bits per heavy atom. The van der Waals surface area contributed by atoms with E-state index in [-0.39, 0.29) is 6.04 Å². The van der Waals surface area contributed by atoms with Gasteiger partial charge in [0.15, 0.2) is 0 Å². The number of ether oxygens (including phenoxy) is 1. The minimum Gasteiger partial charge on any atom is -0.385 e. The van der Waals surface area contributed by atoms with Gasteiger partial charge in [-0.05, 0) is 31.4 Å². The van der Waals surface area contributed by atoms with E-state index in [1.165, 1.54) is 0 Å². The van der Waals surface area contributed by atoms with Crippen LogP contribution in [0, 0.1) is 13.8 Å². The van der Waals surface area contributed by atoms with Gasteiger partial charge in [0.05, 0.1) is 6.04 Å². The molecule has 2 rings (SSSR count). The predicted octanol–water partition coefficient (Wildman–Crippen LogP) is 1.78. The first-order chi connectivity index (χ1) is 9.11. The fraction of sp³-hybridized carbons (Fsp3) is 0.462. The lowest BCUT2D eigenvalue weighted by atomic mass is 10.1. The summed E-state index contributed by atoms with van der Waals surface area (Å²) in [5, 5.41) is 3.94. The van der Waals surface area contributed by atoms with Crippen molar-refractivity contribution in [2.75, 3.05) is 13.7 Å². The van der Waals surface area contributed by atoms with Gasteiger partial charge in [-0.1, -0.05) is 11.2 Å². The Balaban J connectivity index is 2.20. The van der Waals surface area contributed by atoms with Crippen molar-refractivity contribution in [3.8, 4) is 11.5 Å². The van der Waals surface area contributed by atoms with Crippen LogP contribution in [0.25, 0.3) is 11.5 Å². The molecule has 0 aliphatic rings. The number of nitrogens with two attached hydrogens (primary N) is 1. The van der Waals surface area contributed by atoms with Crippen LogP contribution in [0.4, 0.5) is 0 Å². The summed E-state index contributed by atoms with van der Waals surface area (Å²) in [6, 6.07) is 1.72. The number of hydrogen-bond acceptors (Lipinski definition) is 6. The van der Waals surface area contributed by atoms with Crippen molar-refractivity contribution in [3.05, 3.63) is 29.3 Å². The number of aryl methyl sites for hydroxylation is 2. The monoisotopic (exact) mass is 262 g/mol. The average Bonchev–Trinajstić information content (AvgIpc) is 2.85. The Morgan fingerprint density at radius 2 is 2.21 bits per heavy atom. The molecule has 0 aliphatic heterocycles. The van der Waals surface area contributed by atoms with Crippen LogP contribution in [0.1, 0.15) is 29.5 Å². The van der Waals surface area contributed by atoms with Gasteiger partial charge in [-0.2, -0.15) is 4.98 Å². The highest BCUT2D eigenvalue weighted by atomic mass is 16.5. The van der Waals surface area contributed by atoms with Gasteiger partial charge in [0.1, 0.15) is 5.69 Å². The van der Waals surface area contributed by atoms with Gasteiger partial charge in [0.25, 0.3) is 0 Å². The molecule has 0 saturated carbocycles. The van der Waals surface area contributed by atoms with E-state index >= 15 is 0 Å². The molecule has 19 heavy (non-hydrogen) atoms. The normalized spacial score (nSPS) is 12.6. The molecule has 2 aromatic heterocycles. The topological polar surface area (TPSA) is 87.1 Å². The number of aromatic nitrogens is 3. The molecule has 102 valence electrons. The van der Waals surface area contributed by atoms with Gasteiger partial charge in [0, 0.05) is 19.9 Å². The highest BCUT2D eigenvalue weighted by Crippen LogP contribution is 2.20. The first kappa shape index (κ1) is 13.6. The lowest BCUT2D eigenvalue weighted by Crippen LogP contribution is -2.13. The Hall–Kier alpha value is -1.79. The van der Waals surface area contributed by atoms with Gasteiger partial charge in [0.2, 0.25) is 11.7 Å². The highest BCUT2D eigenvalue weighted by molar-refractivity contribution is 5.54. The predicted molar refractivity (Wildman–Crippen MR) is 70.4 cm³/mol. The molecule has 0 aliphatic carbocycles. The van der Waals surface area contributed by atoms with Gasteiger partial charge in [-0.3, -0.25) is 4.98 Å². The smallest absolute Gasteiger partial charge is 0.244 e.